The summed E-state index contributed by atoms with van der Waals surface area (Å²) in [5.41, 5.74) is 0.816. The lowest BCUT2D eigenvalue weighted by Gasteiger charge is -2.12. The molecule has 0 aliphatic carbocycles. The first-order valence-corrected chi connectivity index (χ1v) is 5.23. The number of aromatic nitrogens is 2. The van der Waals surface area contributed by atoms with Gasteiger partial charge in [-0.1, -0.05) is 0 Å². The summed E-state index contributed by atoms with van der Waals surface area (Å²) in [6.45, 7) is 4.05. The molecule has 5 heteroatoms. The minimum absolute atomic E-state index is 0.273. The maximum Gasteiger partial charge on any atom is 0.160 e. The number of rotatable bonds is 4. The highest BCUT2D eigenvalue weighted by atomic mass is 16.7. The molecule has 2 rings (SSSR count). The van der Waals surface area contributed by atoms with Crippen molar-refractivity contribution in [1.29, 1.82) is 0 Å². The van der Waals surface area contributed by atoms with Crippen LogP contribution in [0.4, 0.5) is 0 Å². The Morgan fingerprint density at radius 2 is 2.33 bits per heavy atom. The molecule has 1 aliphatic rings. The Hall–Kier alpha value is -0.910. The number of aliphatic hydroxyl groups is 1. The van der Waals surface area contributed by atoms with E-state index in [9.17, 15) is 5.11 Å². The smallest absolute Gasteiger partial charge is 0.160 e. The summed E-state index contributed by atoms with van der Waals surface area (Å²) in [5.74, 6) is 0. The van der Waals surface area contributed by atoms with E-state index in [0.29, 0.717) is 19.6 Å². The summed E-state index contributed by atoms with van der Waals surface area (Å²) in [6, 6.07) is 0. The topological polar surface area (TPSA) is 56.5 Å². The molecule has 1 aliphatic heterocycles. The molecule has 1 unspecified atom stereocenters. The van der Waals surface area contributed by atoms with E-state index in [1.807, 2.05) is 13.1 Å². The Bertz CT molecular complexity index is 307. The van der Waals surface area contributed by atoms with E-state index >= 15 is 0 Å². The summed E-state index contributed by atoms with van der Waals surface area (Å²) in [6.07, 6.45) is 3.16. The predicted octanol–water partition coefficient (Wildman–Crippen LogP) is 0.699. The normalized spacial score (nSPS) is 19.6. The molecule has 0 bridgehead atoms. The van der Waals surface area contributed by atoms with Crippen molar-refractivity contribution in [2.24, 2.45) is 0 Å². The molecule has 1 atom stereocenters. The van der Waals surface area contributed by atoms with Gasteiger partial charge in [0.25, 0.3) is 0 Å². The first kappa shape index (κ1) is 10.6. The first-order chi connectivity index (χ1) is 7.29. The van der Waals surface area contributed by atoms with Crippen molar-refractivity contribution in [3.63, 3.8) is 0 Å². The Morgan fingerprint density at radius 1 is 1.60 bits per heavy atom. The van der Waals surface area contributed by atoms with Crippen LogP contribution in [0.5, 0.6) is 0 Å². The van der Waals surface area contributed by atoms with E-state index in [4.69, 9.17) is 9.47 Å². The van der Waals surface area contributed by atoms with Crippen molar-refractivity contribution in [3.8, 4) is 0 Å². The molecule has 0 spiro atoms. The molecular weight excluding hydrogens is 196 g/mol. The van der Waals surface area contributed by atoms with E-state index < -0.39 is 6.10 Å². The average molecular weight is 212 g/mol. The second kappa shape index (κ2) is 4.74. The number of ether oxygens (including phenoxy) is 2. The Balaban J connectivity index is 1.91. The zero-order valence-electron chi connectivity index (χ0n) is 8.80. The second-order valence-corrected chi connectivity index (χ2v) is 3.55. The lowest BCUT2D eigenvalue weighted by molar-refractivity contribution is -0.0707. The highest BCUT2D eigenvalue weighted by molar-refractivity contribution is 5.07. The summed E-state index contributed by atoms with van der Waals surface area (Å²) in [7, 11) is 0. The summed E-state index contributed by atoms with van der Waals surface area (Å²) < 4.78 is 12.3. The third-order valence-electron chi connectivity index (χ3n) is 2.47. The average Bonchev–Trinajstić information content (AvgIpc) is 2.86. The standard InChI is InChI=1S/C10H16N2O3/c1-2-12-7-8(6-11-12)9(13)5-10-14-3-4-15-10/h6-7,9-10,13H,2-5H2,1H3. The van der Waals surface area contributed by atoms with Gasteiger partial charge in [0.15, 0.2) is 6.29 Å². The van der Waals surface area contributed by atoms with Gasteiger partial charge in [0.05, 0.1) is 25.5 Å². The van der Waals surface area contributed by atoms with Gasteiger partial charge in [0, 0.05) is 24.7 Å². The van der Waals surface area contributed by atoms with Gasteiger partial charge in [0.2, 0.25) is 0 Å². The molecular formula is C10H16N2O3. The molecule has 15 heavy (non-hydrogen) atoms. The van der Waals surface area contributed by atoms with Crippen LogP contribution in [0.15, 0.2) is 12.4 Å². The molecule has 5 nitrogen and oxygen atoms in total. The Morgan fingerprint density at radius 3 is 2.93 bits per heavy atom. The molecule has 1 aromatic heterocycles. The van der Waals surface area contributed by atoms with Gasteiger partial charge < -0.3 is 14.6 Å². The van der Waals surface area contributed by atoms with Gasteiger partial charge >= 0.3 is 0 Å². The van der Waals surface area contributed by atoms with E-state index in [2.05, 4.69) is 5.10 Å². The first-order valence-electron chi connectivity index (χ1n) is 5.23. The fraction of sp³-hybridized carbons (Fsp3) is 0.700. The number of nitrogens with zero attached hydrogens (tertiary/aromatic N) is 2. The molecule has 1 N–H and O–H groups in total. The molecule has 1 aromatic rings. The monoisotopic (exact) mass is 212 g/mol. The van der Waals surface area contributed by atoms with Crippen LogP contribution in [0, 0.1) is 0 Å². The Kier molecular flexibility index (Phi) is 3.35. The van der Waals surface area contributed by atoms with Gasteiger partial charge in [-0.25, -0.2) is 0 Å². The molecule has 0 amide bonds. The SMILES string of the molecule is CCn1cc(C(O)CC2OCCO2)cn1. The van der Waals surface area contributed by atoms with Gasteiger partial charge in [0.1, 0.15) is 0 Å². The van der Waals surface area contributed by atoms with Crippen molar-refractivity contribution in [1.82, 2.24) is 9.78 Å². The van der Waals surface area contributed by atoms with E-state index in [0.717, 1.165) is 12.1 Å². The van der Waals surface area contributed by atoms with Gasteiger partial charge in [-0.05, 0) is 6.92 Å². The largest absolute Gasteiger partial charge is 0.388 e. The predicted molar refractivity (Wildman–Crippen MR) is 53.2 cm³/mol. The zero-order valence-corrected chi connectivity index (χ0v) is 8.80. The summed E-state index contributed by atoms with van der Waals surface area (Å²) in [5, 5.41) is 14.0. The van der Waals surface area contributed by atoms with Crippen molar-refractivity contribution < 1.29 is 14.6 Å². The number of hydrogen-bond donors (Lipinski definition) is 1. The van der Waals surface area contributed by atoms with Crippen LogP contribution in [0.2, 0.25) is 0 Å². The molecule has 0 saturated carbocycles. The van der Waals surface area contributed by atoms with Gasteiger partial charge in [-0.3, -0.25) is 4.68 Å². The highest BCUT2D eigenvalue weighted by Crippen LogP contribution is 2.21. The maximum absolute atomic E-state index is 9.88. The van der Waals surface area contributed by atoms with Crippen LogP contribution < -0.4 is 0 Å². The van der Waals surface area contributed by atoms with E-state index in [1.165, 1.54) is 0 Å². The lowest BCUT2D eigenvalue weighted by Crippen LogP contribution is -2.12. The Labute approximate surface area is 88.6 Å². The van der Waals surface area contributed by atoms with Crippen molar-refractivity contribution in [2.45, 2.75) is 32.3 Å². The van der Waals surface area contributed by atoms with Crippen LogP contribution in [0.1, 0.15) is 25.0 Å². The third kappa shape index (κ3) is 2.56. The quantitative estimate of drug-likeness (QED) is 0.798. The number of hydrogen-bond acceptors (Lipinski definition) is 4. The van der Waals surface area contributed by atoms with Crippen LogP contribution in [0.3, 0.4) is 0 Å². The third-order valence-corrected chi connectivity index (χ3v) is 2.47. The van der Waals surface area contributed by atoms with Gasteiger partial charge in [-0.15, -0.1) is 0 Å². The molecule has 84 valence electrons. The van der Waals surface area contributed by atoms with Crippen molar-refractivity contribution in [2.75, 3.05) is 13.2 Å². The fourth-order valence-corrected chi connectivity index (χ4v) is 1.59. The minimum atomic E-state index is -0.562. The van der Waals surface area contributed by atoms with E-state index in [-0.39, 0.29) is 6.29 Å². The van der Waals surface area contributed by atoms with Crippen LogP contribution in [-0.4, -0.2) is 34.4 Å². The van der Waals surface area contributed by atoms with E-state index in [1.54, 1.807) is 10.9 Å². The van der Waals surface area contributed by atoms with Crippen LogP contribution in [-0.2, 0) is 16.0 Å². The molecule has 2 heterocycles. The molecule has 1 saturated heterocycles. The number of aryl methyl sites for hydroxylation is 1. The highest BCUT2D eigenvalue weighted by Gasteiger charge is 2.21. The fourth-order valence-electron chi connectivity index (χ4n) is 1.59. The zero-order chi connectivity index (χ0) is 10.7. The summed E-state index contributed by atoms with van der Waals surface area (Å²) >= 11 is 0. The van der Waals surface area contributed by atoms with Crippen LogP contribution in [0.25, 0.3) is 0 Å². The molecule has 0 radical (unpaired) electrons. The molecule has 0 aromatic carbocycles. The van der Waals surface area contributed by atoms with Crippen LogP contribution >= 0.6 is 0 Å². The molecule has 1 fully saturated rings. The van der Waals surface area contributed by atoms with Gasteiger partial charge in [-0.2, -0.15) is 5.10 Å². The summed E-state index contributed by atoms with van der Waals surface area (Å²) in [4.78, 5) is 0. The van der Waals surface area contributed by atoms with Crippen molar-refractivity contribution >= 4 is 0 Å². The minimum Gasteiger partial charge on any atom is -0.388 e. The maximum atomic E-state index is 9.88. The lowest BCUT2D eigenvalue weighted by atomic mass is 10.1. The van der Waals surface area contributed by atoms with Crippen molar-refractivity contribution in [3.05, 3.63) is 18.0 Å². The second-order valence-electron chi connectivity index (χ2n) is 3.55. The number of aliphatic hydroxyl groups excluding tert-OH is 1.